The predicted molar refractivity (Wildman–Crippen MR) is 89.0 cm³/mol. The van der Waals surface area contributed by atoms with Crippen LogP contribution in [0.3, 0.4) is 0 Å². The average molecular weight is 353 g/mol. The zero-order valence-corrected chi connectivity index (χ0v) is 14.1. The van der Waals surface area contributed by atoms with Crippen molar-refractivity contribution in [3.63, 3.8) is 0 Å². The Kier molecular flexibility index (Phi) is 9.72. The summed E-state index contributed by atoms with van der Waals surface area (Å²) in [4.78, 5) is 22.4. The van der Waals surface area contributed by atoms with Gasteiger partial charge in [-0.2, -0.15) is 0 Å². The van der Waals surface area contributed by atoms with Crippen LogP contribution in [0.1, 0.15) is 6.92 Å². The van der Waals surface area contributed by atoms with Crippen molar-refractivity contribution in [2.45, 2.75) is 19.3 Å². The van der Waals surface area contributed by atoms with Crippen LogP contribution in [0.5, 0.6) is 5.75 Å². The van der Waals surface area contributed by atoms with Crippen molar-refractivity contribution in [2.75, 3.05) is 26.4 Å². The molecule has 1 aromatic rings. The van der Waals surface area contributed by atoms with E-state index in [-0.39, 0.29) is 26.4 Å². The average Bonchev–Trinajstić information content (AvgIpc) is 2.61. The van der Waals surface area contributed by atoms with Crippen molar-refractivity contribution in [1.29, 1.82) is 0 Å². The first kappa shape index (κ1) is 20.5. The molecule has 0 heterocycles. The van der Waals surface area contributed by atoms with E-state index in [0.29, 0.717) is 5.75 Å². The van der Waals surface area contributed by atoms with E-state index in [1.165, 1.54) is 13.0 Å². The first-order valence-corrected chi connectivity index (χ1v) is 7.69. The molecule has 138 valence electrons. The number of aliphatic hydroxyl groups excluding tert-OH is 1. The van der Waals surface area contributed by atoms with Crippen molar-refractivity contribution in [2.24, 2.45) is 0 Å². The molecule has 2 atom stereocenters. The Morgan fingerprint density at radius 2 is 2.00 bits per heavy atom. The summed E-state index contributed by atoms with van der Waals surface area (Å²) in [6.45, 7) is 4.77. The number of benzene rings is 1. The van der Waals surface area contributed by atoms with Crippen LogP contribution in [0.25, 0.3) is 0 Å². The summed E-state index contributed by atoms with van der Waals surface area (Å²) < 4.78 is 20.5. The van der Waals surface area contributed by atoms with Crippen LogP contribution in [-0.4, -0.2) is 55.9 Å². The zero-order valence-electron chi connectivity index (χ0n) is 14.1. The maximum atomic E-state index is 11.8. The van der Waals surface area contributed by atoms with Crippen LogP contribution in [0.4, 0.5) is 4.79 Å². The molecular weight excluding hydrogens is 330 g/mol. The molecule has 0 bridgehead atoms. The first-order valence-electron chi connectivity index (χ1n) is 7.69. The van der Waals surface area contributed by atoms with Crippen LogP contribution in [0, 0.1) is 0 Å². The Morgan fingerprint density at radius 1 is 1.28 bits per heavy atom. The van der Waals surface area contributed by atoms with Gasteiger partial charge in [-0.3, -0.25) is 4.79 Å². The Morgan fingerprint density at radius 3 is 2.64 bits per heavy atom. The van der Waals surface area contributed by atoms with Crippen LogP contribution >= 0.6 is 0 Å². The van der Waals surface area contributed by atoms with E-state index in [9.17, 15) is 14.7 Å². The Hall–Kier alpha value is -2.58. The van der Waals surface area contributed by atoms with Gasteiger partial charge < -0.3 is 29.4 Å². The first-order chi connectivity index (χ1) is 12.0. The molecule has 0 fully saturated rings. The molecule has 0 aliphatic rings. The predicted octanol–water partition coefficient (Wildman–Crippen LogP) is 1.24. The summed E-state index contributed by atoms with van der Waals surface area (Å²) in [6.07, 6.45) is -1.45. The third-order valence-electron chi connectivity index (χ3n) is 2.78. The monoisotopic (exact) mass is 353 g/mol. The topological polar surface area (TPSA) is 103 Å². The summed E-state index contributed by atoms with van der Waals surface area (Å²) in [5, 5.41) is 11.8. The highest BCUT2D eigenvalue weighted by Crippen LogP contribution is 2.10. The standard InChI is InChI=1S/C17H23NO7/c1-3-16(20)24-12-15(11-23-14-7-5-4-6-8-14)25-17(21)18-9-10-22-13(2)19/h3-8,15-16,20H,1,9-12H2,2H3,(H,18,21). The molecule has 8 nitrogen and oxygen atoms in total. The van der Waals surface area contributed by atoms with Crippen molar-refractivity contribution in [1.82, 2.24) is 5.32 Å². The SMILES string of the molecule is C=CC(O)OCC(COc1ccccc1)OC(=O)NCCOC(C)=O. The lowest BCUT2D eigenvalue weighted by atomic mass is 10.3. The minimum absolute atomic E-state index is 0.0330. The number of hydrogen-bond donors (Lipinski definition) is 2. The number of nitrogens with one attached hydrogen (secondary N) is 1. The number of alkyl carbamates (subject to hydrolysis) is 1. The van der Waals surface area contributed by atoms with Gasteiger partial charge in [0.05, 0.1) is 13.2 Å². The van der Waals surface area contributed by atoms with Gasteiger partial charge in [0.15, 0.2) is 12.4 Å². The van der Waals surface area contributed by atoms with Crippen LogP contribution in [0.15, 0.2) is 43.0 Å². The molecule has 8 heteroatoms. The maximum Gasteiger partial charge on any atom is 0.407 e. The molecule has 0 saturated carbocycles. The molecule has 25 heavy (non-hydrogen) atoms. The van der Waals surface area contributed by atoms with Gasteiger partial charge in [0.2, 0.25) is 0 Å². The summed E-state index contributed by atoms with van der Waals surface area (Å²) in [6, 6.07) is 8.99. The number of para-hydroxylation sites is 1. The Balaban J connectivity index is 2.44. The summed E-state index contributed by atoms with van der Waals surface area (Å²) in [7, 11) is 0. The molecule has 0 radical (unpaired) electrons. The molecule has 1 amide bonds. The number of ether oxygens (including phenoxy) is 4. The number of esters is 1. The number of carbonyl (C=O) groups excluding carboxylic acids is 2. The lowest BCUT2D eigenvalue weighted by molar-refractivity contribution is -0.140. The van der Waals surface area contributed by atoms with Crippen molar-refractivity contribution >= 4 is 12.1 Å². The molecule has 0 aliphatic heterocycles. The number of aliphatic hydroxyl groups is 1. The van der Waals surface area contributed by atoms with E-state index in [0.717, 1.165) is 0 Å². The van der Waals surface area contributed by atoms with E-state index in [1.807, 2.05) is 18.2 Å². The Labute approximate surface area is 146 Å². The van der Waals surface area contributed by atoms with Crippen molar-refractivity contribution in [3.05, 3.63) is 43.0 Å². The molecule has 0 aromatic heterocycles. The van der Waals surface area contributed by atoms with E-state index in [2.05, 4.69) is 11.9 Å². The van der Waals surface area contributed by atoms with E-state index in [4.69, 9.17) is 18.9 Å². The fourth-order valence-electron chi connectivity index (χ4n) is 1.64. The molecular formula is C17H23NO7. The molecule has 1 aromatic carbocycles. The normalized spacial score (nSPS) is 12.6. The van der Waals surface area contributed by atoms with Crippen LogP contribution in [0.2, 0.25) is 0 Å². The van der Waals surface area contributed by atoms with Crippen molar-refractivity contribution in [3.8, 4) is 5.75 Å². The number of hydrogen-bond acceptors (Lipinski definition) is 7. The van der Waals surface area contributed by atoms with Gasteiger partial charge >= 0.3 is 12.1 Å². The lowest BCUT2D eigenvalue weighted by Gasteiger charge is -2.20. The van der Waals surface area contributed by atoms with E-state index < -0.39 is 24.5 Å². The number of amides is 1. The highest BCUT2D eigenvalue weighted by atomic mass is 16.6. The van der Waals surface area contributed by atoms with Gasteiger partial charge in [-0.15, -0.1) is 0 Å². The summed E-state index contributed by atoms with van der Waals surface area (Å²) in [5.74, 6) is 0.173. The minimum Gasteiger partial charge on any atom is -0.490 e. The molecule has 2 N–H and O–H groups in total. The summed E-state index contributed by atoms with van der Waals surface area (Å²) in [5.41, 5.74) is 0. The molecule has 2 unspecified atom stereocenters. The molecule has 0 spiro atoms. The zero-order chi connectivity index (χ0) is 18.5. The van der Waals surface area contributed by atoms with E-state index >= 15 is 0 Å². The molecule has 0 saturated heterocycles. The second kappa shape index (κ2) is 11.9. The third kappa shape index (κ3) is 10.0. The second-order valence-corrected chi connectivity index (χ2v) is 4.88. The van der Waals surface area contributed by atoms with Gasteiger partial charge in [-0.25, -0.2) is 4.79 Å². The van der Waals surface area contributed by atoms with E-state index in [1.54, 1.807) is 12.1 Å². The van der Waals surface area contributed by atoms with Crippen LogP contribution in [-0.2, 0) is 19.0 Å². The highest BCUT2D eigenvalue weighted by molar-refractivity contribution is 5.67. The molecule has 0 aliphatic carbocycles. The van der Waals surface area contributed by atoms with Gasteiger partial charge in [0.1, 0.15) is 19.0 Å². The fraction of sp³-hybridized carbons (Fsp3) is 0.412. The lowest BCUT2D eigenvalue weighted by Crippen LogP contribution is -2.37. The second-order valence-electron chi connectivity index (χ2n) is 4.88. The smallest absolute Gasteiger partial charge is 0.407 e. The number of rotatable bonds is 11. The summed E-state index contributed by atoms with van der Waals surface area (Å²) >= 11 is 0. The van der Waals surface area contributed by atoms with Gasteiger partial charge in [-0.05, 0) is 18.2 Å². The fourth-order valence-corrected chi connectivity index (χ4v) is 1.64. The molecule has 1 rings (SSSR count). The quantitative estimate of drug-likeness (QED) is 0.267. The Bertz CT molecular complexity index is 535. The van der Waals surface area contributed by atoms with Gasteiger partial charge in [-0.1, -0.05) is 24.8 Å². The largest absolute Gasteiger partial charge is 0.490 e. The van der Waals surface area contributed by atoms with Gasteiger partial charge in [0.25, 0.3) is 0 Å². The minimum atomic E-state index is -1.17. The van der Waals surface area contributed by atoms with Crippen LogP contribution < -0.4 is 10.1 Å². The number of carbonyl (C=O) groups is 2. The maximum absolute atomic E-state index is 11.8. The van der Waals surface area contributed by atoms with Gasteiger partial charge in [0, 0.05) is 6.92 Å². The van der Waals surface area contributed by atoms with Crippen molar-refractivity contribution < 1.29 is 33.6 Å². The third-order valence-corrected chi connectivity index (χ3v) is 2.78. The highest BCUT2D eigenvalue weighted by Gasteiger charge is 2.17.